The van der Waals surface area contributed by atoms with Gasteiger partial charge in [0, 0.05) is 18.6 Å². The van der Waals surface area contributed by atoms with Crippen molar-refractivity contribution in [3.8, 4) is 5.75 Å². The van der Waals surface area contributed by atoms with Gasteiger partial charge in [-0.3, -0.25) is 0 Å². The summed E-state index contributed by atoms with van der Waals surface area (Å²) in [5, 5.41) is 3.71. The van der Waals surface area contributed by atoms with E-state index >= 15 is 0 Å². The standard InChI is InChI=1S/C18H27NO2/c1-3-11-19-18(17-10-12-20-13(17)2)14-4-6-15(7-5-14)21-16-8-9-16/h4-7,13,16-19H,3,8-12H2,1-2H3. The van der Waals surface area contributed by atoms with Crippen LogP contribution < -0.4 is 10.1 Å². The molecule has 0 radical (unpaired) electrons. The van der Waals surface area contributed by atoms with Gasteiger partial charge >= 0.3 is 0 Å². The molecule has 2 aliphatic rings. The number of nitrogens with one attached hydrogen (secondary N) is 1. The summed E-state index contributed by atoms with van der Waals surface area (Å²) >= 11 is 0. The largest absolute Gasteiger partial charge is 0.490 e. The van der Waals surface area contributed by atoms with E-state index in [4.69, 9.17) is 9.47 Å². The van der Waals surface area contributed by atoms with Crippen molar-refractivity contribution in [1.29, 1.82) is 0 Å². The molecule has 3 nitrogen and oxygen atoms in total. The van der Waals surface area contributed by atoms with Crippen LogP contribution >= 0.6 is 0 Å². The predicted octanol–water partition coefficient (Wildman–Crippen LogP) is 3.69. The molecule has 1 aliphatic carbocycles. The Morgan fingerprint density at radius 1 is 1.24 bits per heavy atom. The molecule has 2 fully saturated rings. The van der Waals surface area contributed by atoms with Crippen LogP contribution in [0, 0.1) is 5.92 Å². The fraction of sp³-hybridized carbons (Fsp3) is 0.667. The summed E-state index contributed by atoms with van der Waals surface area (Å²) in [6, 6.07) is 9.06. The molecule has 1 saturated carbocycles. The zero-order chi connectivity index (χ0) is 14.7. The summed E-state index contributed by atoms with van der Waals surface area (Å²) in [7, 11) is 0. The molecule has 116 valence electrons. The van der Waals surface area contributed by atoms with Crippen LogP contribution in [0.4, 0.5) is 0 Å². The van der Waals surface area contributed by atoms with Gasteiger partial charge in [0.2, 0.25) is 0 Å². The molecule has 1 heterocycles. The van der Waals surface area contributed by atoms with Gasteiger partial charge in [0.05, 0.1) is 12.2 Å². The Morgan fingerprint density at radius 3 is 2.57 bits per heavy atom. The molecule has 3 unspecified atom stereocenters. The molecule has 3 atom stereocenters. The highest BCUT2D eigenvalue weighted by atomic mass is 16.5. The third-order valence-electron chi connectivity index (χ3n) is 4.54. The minimum Gasteiger partial charge on any atom is -0.490 e. The van der Waals surface area contributed by atoms with E-state index in [1.54, 1.807) is 0 Å². The van der Waals surface area contributed by atoms with Crippen molar-refractivity contribution in [2.45, 2.75) is 57.8 Å². The molecule has 1 aromatic carbocycles. The van der Waals surface area contributed by atoms with E-state index in [9.17, 15) is 0 Å². The topological polar surface area (TPSA) is 30.5 Å². The van der Waals surface area contributed by atoms with Gasteiger partial charge < -0.3 is 14.8 Å². The van der Waals surface area contributed by atoms with Gasteiger partial charge in [-0.15, -0.1) is 0 Å². The van der Waals surface area contributed by atoms with E-state index in [1.165, 1.54) is 18.4 Å². The molecular weight excluding hydrogens is 262 g/mol. The number of hydrogen-bond donors (Lipinski definition) is 1. The first-order valence-corrected chi connectivity index (χ1v) is 8.39. The van der Waals surface area contributed by atoms with Crippen molar-refractivity contribution in [1.82, 2.24) is 5.32 Å². The van der Waals surface area contributed by atoms with Crippen LogP contribution in [0.3, 0.4) is 0 Å². The molecule has 0 spiro atoms. The number of benzene rings is 1. The van der Waals surface area contributed by atoms with Crippen molar-refractivity contribution < 1.29 is 9.47 Å². The second-order valence-corrected chi connectivity index (χ2v) is 6.35. The monoisotopic (exact) mass is 289 g/mol. The second-order valence-electron chi connectivity index (χ2n) is 6.35. The maximum absolute atomic E-state index is 5.84. The Kier molecular flexibility index (Phi) is 4.81. The number of hydrogen-bond acceptors (Lipinski definition) is 3. The number of rotatable bonds is 7. The van der Waals surface area contributed by atoms with Gasteiger partial charge in [0.25, 0.3) is 0 Å². The van der Waals surface area contributed by atoms with Crippen LogP contribution in [0.2, 0.25) is 0 Å². The van der Waals surface area contributed by atoms with Crippen LogP contribution in [0.25, 0.3) is 0 Å². The van der Waals surface area contributed by atoms with Gasteiger partial charge in [-0.1, -0.05) is 19.1 Å². The maximum atomic E-state index is 5.84. The van der Waals surface area contributed by atoms with E-state index in [0.717, 1.165) is 31.7 Å². The third-order valence-corrected chi connectivity index (χ3v) is 4.54. The molecule has 1 saturated heterocycles. The van der Waals surface area contributed by atoms with Gasteiger partial charge in [-0.25, -0.2) is 0 Å². The lowest BCUT2D eigenvalue weighted by molar-refractivity contribution is 0.0953. The molecule has 1 N–H and O–H groups in total. The molecule has 1 aromatic rings. The summed E-state index contributed by atoms with van der Waals surface area (Å²) in [5.41, 5.74) is 1.36. The first-order chi connectivity index (χ1) is 10.3. The maximum Gasteiger partial charge on any atom is 0.119 e. The fourth-order valence-corrected chi connectivity index (χ4v) is 3.13. The molecule has 21 heavy (non-hydrogen) atoms. The van der Waals surface area contributed by atoms with E-state index in [2.05, 4.69) is 43.4 Å². The molecule has 0 bridgehead atoms. The highest BCUT2D eigenvalue weighted by Crippen LogP contribution is 2.34. The Bertz CT molecular complexity index is 441. The zero-order valence-electron chi connectivity index (χ0n) is 13.2. The quantitative estimate of drug-likeness (QED) is 0.830. The van der Waals surface area contributed by atoms with Crippen molar-refractivity contribution in [2.75, 3.05) is 13.2 Å². The van der Waals surface area contributed by atoms with Crippen molar-refractivity contribution in [3.63, 3.8) is 0 Å². The van der Waals surface area contributed by atoms with E-state index in [1.807, 2.05) is 0 Å². The molecule has 3 heteroatoms. The van der Waals surface area contributed by atoms with Crippen LogP contribution in [0.5, 0.6) is 5.75 Å². The Morgan fingerprint density at radius 2 is 2.00 bits per heavy atom. The van der Waals surface area contributed by atoms with Gasteiger partial charge in [0.1, 0.15) is 5.75 Å². The minimum atomic E-state index is 0.335. The van der Waals surface area contributed by atoms with Crippen molar-refractivity contribution in [2.24, 2.45) is 5.92 Å². The average molecular weight is 289 g/mol. The molecular formula is C18H27NO2. The summed E-state index contributed by atoms with van der Waals surface area (Å²) in [4.78, 5) is 0. The fourth-order valence-electron chi connectivity index (χ4n) is 3.13. The Labute approximate surface area is 128 Å². The molecule has 3 rings (SSSR count). The first kappa shape index (κ1) is 14.9. The summed E-state index contributed by atoms with van der Waals surface area (Å²) < 4.78 is 11.6. The molecule has 0 amide bonds. The van der Waals surface area contributed by atoms with E-state index in [0.29, 0.717) is 24.2 Å². The second kappa shape index (κ2) is 6.80. The summed E-state index contributed by atoms with van der Waals surface area (Å²) in [5.74, 6) is 1.57. The lowest BCUT2D eigenvalue weighted by atomic mass is 9.88. The minimum absolute atomic E-state index is 0.335. The SMILES string of the molecule is CCCNC(c1ccc(OC2CC2)cc1)C1CCOC1C. The Balaban J connectivity index is 1.71. The van der Waals surface area contributed by atoms with Crippen LogP contribution in [-0.2, 0) is 4.74 Å². The van der Waals surface area contributed by atoms with Crippen LogP contribution in [0.15, 0.2) is 24.3 Å². The van der Waals surface area contributed by atoms with Gasteiger partial charge in [-0.2, -0.15) is 0 Å². The van der Waals surface area contributed by atoms with E-state index in [-0.39, 0.29) is 0 Å². The smallest absolute Gasteiger partial charge is 0.119 e. The molecule has 0 aromatic heterocycles. The lowest BCUT2D eigenvalue weighted by Gasteiger charge is -2.27. The third kappa shape index (κ3) is 3.78. The first-order valence-electron chi connectivity index (χ1n) is 8.39. The number of ether oxygens (including phenoxy) is 2. The summed E-state index contributed by atoms with van der Waals surface area (Å²) in [6.07, 6.45) is 5.51. The van der Waals surface area contributed by atoms with Crippen molar-refractivity contribution >= 4 is 0 Å². The van der Waals surface area contributed by atoms with Crippen molar-refractivity contribution in [3.05, 3.63) is 29.8 Å². The summed E-state index contributed by atoms with van der Waals surface area (Å²) in [6.45, 7) is 6.35. The lowest BCUT2D eigenvalue weighted by Crippen LogP contribution is -2.32. The Hall–Kier alpha value is -1.06. The van der Waals surface area contributed by atoms with Gasteiger partial charge in [0.15, 0.2) is 0 Å². The van der Waals surface area contributed by atoms with Crippen LogP contribution in [0.1, 0.15) is 51.1 Å². The average Bonchev–Trinajstić information content (AvgIpc) is 3.21. The molecule has 1 aliphatic heterocycles. The normalized spacial score (nSPS) is 26.8. The highest BCUT2D eigenvalue weighted by molar-refractivity contribution is 5.30. The van der Waals surface area contributed by atoms with Gasteiger partial charge in [-0.05, 0) is 56.8 Å². The zero-order valence-corrected chi connectivity index (χ0v) is 13.2. The van der Waals surface area contributed by atoms with E-state index < -0.39 is 0 Å². The van der Waals surface area contributed by atoms with Crippen LogP contribution in [-0.4, -0.2) is 25.4 Å². The predicted molar refractivity (Wildman–Crippen MR) is 84.6 cm³/mol. The highest BCUT2D eigenvalue weighted by Gasteiger charge is 2.32.